The number of methoxy groups -OCH3 is 1. The van der Waals surface area contributed by atoms with Crippen LogP contribution in [0.4, 0.5) is 0 Å². The third-order valence-electron chi connectivity index (χ3n) is 4.70. The summed E-state index contributed by atoms with van der Waals surface area (Å²) in [5.41, 5.74) is 6.01. The zero-order valence-corrected chi connectivity index (χ0v) is 12.7. The van der Waals surface area contributed by atoms with Crippen molar-refractivity contribution in [2.45, 2.75) is 51.0 Å². The number of likely N-dealkylation sites (tertiary alicyclic amines) is 1. The van der Waals surface area contributed by atoms with Gasteiger partial charge in [-0.15, -0.1) is 12.4 Å². The zero-order valence-electron chi connectivity index (χ0n) is 11.9. The van der Waals surface area contributed by atoms with Crippen LogP contribution in [0.5, 0.6) is 0 Å². The summed E-state index contributed by atoms with van der Waals surface area (Å²) in [6.45, 7) is 2.31. The molecule has 1 saturated carbocycles. The largest absolute Gasteiger partial charge is 0.380 e. The average molecular weight is 291 g/mol. The van der Waals surface area contributed by atoms with E-state index in [0.717, 1.165) is 13.1 Å². The van der Waals surface area contributed by atoms with Gasteiger partial charge in [-0.3, -0.25) is 4.79 Å². The highest BCUT2D eigenvalue weighted by Gasteiger charge is 2.40. The van der Waals surface area contributed by atoms with Gasteiger partial charge in [0.2, 0.25) is 5.91 Å². The van der Waals surface area contributed by atoms with Gasteiger partial charge >= 0.3 is 0 Å². The second-order valence-electron chi connectivity index (χ2n) is 5.92. The van der Waals surface area contributed by atoms with Gasteiger partial charge in [-0.25, -0.2) is 0 Å². The Morgan fingerprint density at radius 1 is 1.32 bits per heavy atom. The summed E-state index contributed by atoms with van der Waals surface area (Å²) >= 11 is 0. The van der Waals surface area contributed by atoms with Gasteiger partial charge in [-0.05, 0) is 24.7 Å². The molecule has 5 heteroatoms. The van der Waals surface area contributed by atoms with Crippen molar-refractivity contribution in [2.75, 3.05) is 26.7 Å². The Morgan fingerprint density at radius 2 is 2.00 bits per heavy atom. The Morgan fingerprint density at radius 3 is 2.58 bits per heavy atom. The predicted molar refractivity (Wildman–Crippen MR) is 78.4 cm³/mol. The number of hydrogen-bond donors (Lipinski definition) is 1. The van der Waals surface area contributed by atoms with Crippen molar-refractivity contribution in [3.05, 3.63) is 0 Å². The summed E-state index contributed by atoms with van der Waals surface area (Å²) in [5.74, 6) is 0.217. The molecule has 1 atom stereocenters. The Labute approximate surface area is 122 Å². The van der Waals surface area contributed by atoms with E-state index in [2.05, 4.69) is 0 Å². The lowest BCUT2D eigenvalue weighted by molar-refractivity contribution is -0.133. The first-order valence-electron chi connectivity index (χ1n) is 7.20. The van der Waals surface area contributed by atoms with Gasteiger partial charge in [-0.2, -0.15) is 0 Å². The fourth-order valence-corrected chi connectivity index (χ4v) is 3.44. The predicted octanol–water partition coefficient (Wildman–Crippen LogP) is 1.95. The summed E-state index contributed by atoms with van der Waals surface area (Å²) in [6.07, 6.45) is 8.16. The second-order valence-corrected chi connectivity index (χ2v) is 5.92. The van der Waals surface area contributed by atoms with Gasteiger partial charge in [0.1, 0.15) is 0 Å². The van der Waals surface area contributed by atoms with E-state index in [9.17, 15) is 4.79 Å². The number of nitrogens with zero attached hydrogens (tertiary/aromatic N) is 1. The quantitative estimate of drug-likeness (QED) is 0.861. The molecule has 1 spiro atoms. The molecule has 4 nitrogen and oxygen atoms in total. The minimum absolute atomic E-state index is 0. The first kappa shape index (κ1) is 16.7. The number of hydrogen-bond acceptors (Lipinski definition) is 3. The smallest absolute Gasteiger partial charge is 0.225 e. The molecule has 2 aliphatic rings. The van der Waals surface area contributed by atoms with Crippen LogP contribution in [0.25, 0.3) is 0 Å². The van der Waals surface area contributed by atoms with E-state index < -0.39 is 0 Å². The number of carbonyl (C=O) groups excluding carboxylic acids is 1. The molecule has 0 aromatic rings. The number of carbonyl (C=O) groups is 1. The molecule has 1 aliphatic heterocycles. The number of nitrogens with two attached hydrogens (primary N) is 1. The molecule has 1 saturated heterocycles. The second kappa shape index (κ2) is 7.46. The van der Waals surface area contributed by atoms with Crippen LogP contribution in [0, 0.1) is 5.41 Å². The van der Waals surface area contributed by atoms with Crippen molar-refractivity contribution in [1.29, 1.82) is 0 Å². The number of rotatable bonds is 4. The van der Waals surface area contributed by atoms with E-state index >= 15 is 0 Å². The van der Waals surface area contributed by atoms with E-state index in [1.54, 1.807) is 7.11 Å². The first-order chi connectivity index (χ1) is 8.69. The van der Waals surface area contributed by atoms with Crippen LogP contribution in [0.1, 0.15) is 44.9 Å². The van der Waals surface area contributed by atoms with Gasteiger partial charge in [0.15, 0.2) is 0 Å². The lowest BCUT2D eigenvalue weighted by Gasteiger charge is -2.33. The molecule has 1 unspecified atom stereocenters. The Kier molecular flexibility index (Phi) is 6.57. The molecule has 2 N–H and O–H groups in total. The van der Waals surface area contributed by atoms with Gasteiger partial charge in [-0.1, -0.05) is 19.3 Å². The molecule has 1 amide bonds. The summed E-state index contributed by atoms with van der Waals surface area (Å²) in [5, 5.41) is 0. The molecular weight excluding hydrogens is 264 g/mol. The summed E-state index contributed by atoms with van der Waals surface area (Å²) in [6, 6.07) is 0. The summed E-state index contributed by atoms with van der Waals surface area (Å²) in [7, 11) is 1.62. The highest BCUT2D eigenvalue weighted by atomic mass is 35.5. The van der Waals surface area contributed by atoms with E-state index in [1.807, 2.05) is 4.90 Å². The number of ether oxygens (including phenoxy) is 1. The molecule has 112 valence electrons. The highest BCUT2D eigenvalue weighted by Crippen LogP contribution is 2.43. The van der Waals surface area contributed by atoms with Crippen LogP contribution in [-0.2, 0) is 9.53 Å². The Balaban J connectivity index is 0.00000180. The third kappa shape index (κ3) is 4.07. The SMILES string of the molecule is COC(CN)CC(=O)N1CCC2(CCCCC2)C1.Cl. The van der Waals surface area contributed by atoms with Gasteiger partial charge in [0.05, 0.1) is 12.5 Å². The van der Waals surface area contributed by atoms with Gasteiger partial charge < -0.3 is 15.4 Å². The van der Waals surface area contributed by atoms with Crippen molar-refractivity contribution in [3.8, 4) is 0 Å². The zero-order chi connectivity index (χ0) is 13.0. The molecule has 0 radical (unpaired) electrons. The molecule has 2 fully saturated rings. The van der Waals surface area contributed by atoms with Crippen LogP contribution < -0.4 is 5.73 Å². The lowest BCUT2D eigenvalue weighted by Crippen LogP contribution is -2.36. The van der Waals surface area contributed by atoms with Crippen molar-refractivity contribution in [2.24, 2.45) is 11.1 Å². The van der Waals surface area contributed by atoms with Crippen molar-refractivity contribution < 1.29 is 9.53 Å². The molecule has 1 heterocycles. The van der Waals surface area contributed by atoms with E-state index in [4.69, 9.17) is 10.5 Å². The first-order valence-corrected chi connectivity index (χ1v) is 7.20. The molecule has 2 rings (SSSR count). The Bertz CT molecular complexity index is 289. The molecule has 0 bridgehead atoms. The number of halogens is 1. The van der Waals surface area contributed by atoms with Gasteiger partial charge in [0.25, 0.3) is 0 Å². The summed E-state index contributed by atoms with van der Waals surface area (Å²) in [4.78, 5) is 14.2. The van der Waals surface area contributed by atoms with Crippen molar-refractivity contribution >= 4 is 18.3 Å². The molecule has 19 heavy (non-hydrogen) atoms. The molecule has 0 aromatic heterocycles. The van der Waals surface area contributed by atoms with Crippen LogP contribution in [0.2, 0.25) is 0 Å². The Hall–Kier alpha value is -0.320. The molecular formula is C14H27ClN2O2. The molecule has 0 aromatic carbocycles. The van der Waals surface area contributed by atoms with Crippen LogP contribution in [0.15, 0.2) is 0 Å². The average Bonchev–Trinajstić information content (AvgIpc) is 2.80. The van der Waals surface area contributed by atoms with Crippen LogP contribution in [0.3, 0.4) is 0 Å². The maximum Gasteiger partial charge on any atom is 0.225 e. The minimum atomic E-state index is -0.125. The van der Waals surface area contributed by atoms with Crippen molar-refractivity contribution in [3.63, 3.8) is 0 Å². The van der Waals surface area contributed by atoms with Crippen LogP contribution in [-0.4, -0.2) is 43.7 Å². The monoisotopic (exact) mass is 290 g/mol. The van der Waals surface area contributed by atoms with Gasteiger partial charge in [0, 0.05) is 26.7 Å². The fourth-order valence-electron chi connectivity index (χ4n) is 3.44. The maximum atomic E-state index is 12.2. The number of amides is 1. The van der Waals surface area contributed by atoms with E-state index in [1.165, 1.54) is 38.5 Å². The highest BCUT2D eigenvalue weighted by molar-refractivity contribution is 5.85. The van der Waals surface area contributed by atoms with E-state index in [-0.39, 0.29) is 24.4 Å². The topological polar surface area (TPSA) is 55.6 Å². The van der Waals surface area contributed by atoms with Crippen molar-refractivity contribution in [1.82, 2.24) is 4.90 Å². The van der Waals surface area contributed by atoms with E-state index in [0.29, 0.717) is 18.4 Å². The van der Waals surface area contributed by atoms with Crippen LogP contribution >= 0.6 is 12.4 Å². The standard InChI is InChI=1S/C14H26N2O2.ClH/c1-18-12(10-15)9-13(17)16-8-7-14(11-16)5-3-2-4-6-14;/h12H,2-11,15H2,1H3;1H. The maximum absolute atomic E-state index is 12.2. The summed E-state index contributed by atoms with van der Waals surface area (Å²) < 4.78 is 5.19. The molecule has 1 aliphatic carbocycles. The lowest BCUT2D eigenvalue weighted by atomic mass is 9.73. The third-order valence-corrected chi connectivity index (χ3v) is 4.70. The normalized spacial score (nSPS) is 23.2. The fraction of sp³-hybridized carbons (Fsp3) is 0.929. The minimum Gasteiger partial charge on any atom is -0.380 e.